The molecule has 0 saturated carbocycles. The zero-order chi connectivity index (χ0) is 30.5. The highest BCUT2D eigenvalue weighted by Gasteiger charge is 2.30. The largest absolute Gasteiger partial charge is 0.480 e. The first kappa shape index (κ1) is 28.9. The number of carboxylic acids is 1. The van der Waals surface area contributed by atoms with Gasteiger partial charge in [0.25, 0.3) is 5.91 Å². The second-order valence-corrected chi connectivity index (χ2v) is 10.7. The predicted octanol–water partition coefficient (Wildman–Crippen LogP) is 7.47. The van der Waals surface area contributed by atoms with E-state index in [9.17, 15) is 14.7 Å². The highest BCUT2D eigenvalue weighted by molar-refractivity contribution is 6.31. The molecule has 0 radical (unpaired) electrons. The van der Waals surface area contributed by atoms with Gasteiger partial charge in [-0.05, 0) is 60.0 Å². The molecule has 9 heteroatoms. The number of aliphatic imine (C=N–C) groups is 1. The van der Waals surface area contributed by atoms with Gasteiger partial charge in [0.1, 0.15) is 23.8 Å². The van der Waals surface area contributed by atoms with E-state index in [0.29, 0.717) is 22.9 Å². The molecule has 44 heavy (non-hydrogen) atoms. The summed E-state index contributed by atoms with van der Waals surface area (Å²) in [6, 6.07) is 28.2. The molecule has 0 fully saturated rings. The first-order valence-corrected chi connectivity index (χ1v) is 14.3. The predicted molar refractivity (Wildman–Crippen MR) is 167 cm³/mol. The van der Waals surface area contributed by atoms with Gasteiger partial charge in [-0.1, -0.05) is 78.3 Å². The summed E-state index contributed by atoms with van der Waals surface area (Å²) >= 11 is 6.23. The molecular weight excluding hydrogens is 580 g/mol. The average Bonchev–Trinajstić information content (AvgIpc) is 3.52. The summed E-state index contributed by atoms with van der Waals surface area (Å²) in [6.07, 6.45) is 5.52. The van der Waals surface area contributed by atoms with Crippen LogP contribution in [0.2, 0.25) is 5.02 Å². The van der Waals surface area contributed by atoms with Gasteiger partial charge in [0.15, 0.2) is 6.10 Å². The van der Waals surface area contributed by atoms with Crippen LogP contribution in [0.5, 0.6) is 11.5 Å². The number of nitrogens with zero attached hydrogens (tertiary/aromatic N) is 1. The minimum absolute atomic E-state index is 0.0745. The molecule has 1 amide bonds. The van der Waals surface area contributed by atoms with E-state index in [0.717, 1.165) is 28.0 Å². The lowest BCUT2D eigenvalue weighted by Gasteiger charge is -2.18. The summed E-state index contributed by atoms with van der Waals surface area (Å²) in [5.74, 6) is -0.319. The summed E-state index contributed by atoms with van der Waals surface area (Å²) in [5.41, 5.74) is 4.47. The van der Waals surface area contributed by atoms with Crippen molar-refractivity contribution in [1.29, 1.82) is 0 Å². The van der Waals surface area contributed by atoms with Crippen LogP contribution >= 0.6 is 11.6 Å². The SMILES string of the molecule is O=C(N[C@@H](Cc1ccc(-c2ccccc2Oc2ccccc2)cc1)C(=O)O)c1ccc(Cl)cc1N=C1C=CCC2=COOC21. The minimum atomic E-state index is -1.19. The Labute approximate surface area is 258 Å². The van der Waals surface area contributed by atoms with Gasteiger partial charge in [-0.25, -0.2) is 9.79 Å². The van der Waals surface area contributed by atoms with Gasteiger partial charge < -0.3 is 20.0 Å². The number of nitrogens with one attached hydrogen (secondary N) is 1. The van der Waals surface area contributed by atoms with E-state index >= 15 is 0 Å². The Bertz CT molecular complexity index is 1780. The highest BCUT2D eigenvalue weighted by Crippen LogP contribution is 2.34. The van der Waals surface area contributed by atoms with Crippen LogP contribution in [-0.2, 0) is 21.0 Å². The van der Waals surface area contributed by atoms with Crippen LogP contribution in [0.1, 0.15) is 22.3 Å². The van der Waals surface area contributed by atoms with Crippen LogP contribution in [-0.4, -0.2) is 34.8 Å². The van der Waals surface area contributed by atoms with Crippen LogP contribution in [0.4, 0.5) is 5.69 Å². The van der Waals surface area contributed by atoms with Crippen LogP contribution in [0.3, 0.4) is 0 Å². The van der Waals surface area contributed by atoms with E-state index in [1.165, 1.54) is 12.3 Å². The van der Waals surface area contributed by atoms with Crippen LogP contribution in [0.25, 0.3) is 11.1 Å². The van der Waals surface area contributed by atoms with Gasteiger partial charge in [-0.3, -0.25) is 4.79 Å². The van der Waals surface area contributed by atoms with Crippen LogP contribution < -0.4 is 10.1 Å². The summed E-state index contributed by atoms with van der Waals surface area (Å²) < 4.78 is 6.10. The summed E-state index contributed by atoms with van der Waals surface area (Å²) in [7, 11) is 0. The molecule has 0 bridgehead atoms. The Balaban J connectivity index is 1.19. The minimum Gasteiger partial charge on any atom is -0.480 e. The number of para-hydroxylation sites is 2. The maximum atomic E-state index is 13.4. The zero-order valence-electron chi connectivity index (χ0n) is 23.4. The maximum Gasteiger partial charge on any atom is 0.326 e. The molecule has 0 saturated heterocycles. The molecule has 6 rings (SSSR count). The molecule has 0 spiro atoms. The second-order valence-electron chi connectivity index (χ2n) is 10.2. The number of carbonyl (C=O) groups excluding carboxylic acids is 1. The maximum absolute atomic E-state index is 13.4. The van der Waals surface area contributed by atoms with Crippen molar-refractivity contribution in [3.63, 3.8) is 0 Å². The van der Waals surface area contributed by atoms with Gasteiger partial charge in [-0.15, -0.1) is 0 Å². The average molecular weight is 607 g/mol. The molecule has 4 aromatic carbocycles. The number of rotatable bonds is 9. The number of allylic oxidation sites excluding steroid dienone is 1. The molecule has 220 valence electrons. The Morgan fingerprint density at radius 2 is 1.77 bits per heavy atom. The molecule has 1 aliphatic carbocycles. The van der Waals surface area contributed by atoms with Gasteiger partial charge in [-0.2, -0.15) is 4.89 Å². The zero-order valence-corrected chi connectivity index (χ0v) is 24.1. The topological polar surface area (TPSA) is 106 Å². The fraction of sp³-hybridized carbons (Fsp3) is 0.114. The van der Waals surface area contributed by atoms with Crippen molar-refractivity contribution in [2.24, 2.45) is 4.99 Å². The monoisotopic (exact) mass is 606 g/mol. The number of amides is 1. The number of fused-ring (bicyclic) bond motifs is 1. The number of ether oxygens (including phenoxy) is 1. The molecule has 2 atom stereocenters. The Hall–Kier alpha value is -5.18. The van der Waals surface area contributed by atoms with Crippen molar-refractivity contribution in [2.45, 2.75) is 25.0 Å². The lowest BCUT2D eigenvalue weighted by atomic mass is 9.97. The standard InChI is InChI=1S/C35H27ClN2O6/c36-25-17-18-28(30(20-25)37-29-11-6-7-24-21-42-44-33(24)29)34(39)38-31(35(40)41)19-22-13-15-23(16-14-22)27-10-4-5-12-32(27)43-26-8-2-1-3-9-26/h1-6,8-18,20-21,31,33H,7,19H2,(H,38,39)(H,40,41)/t31-,33?/m0/s1. The van der Waals surface area contributed by atoms with Gasteiger partial charge >= 0.3 is 5.97 Å². The van der Waals surface area contributed by atoms with E-state index in [1.54, 1.807) is 18.2 Å². The molecule has 2 N–H and O–H groups in total. The van der Waals surface area contributed by atoms with Crippen molar-refractivity contribution in [1.82, 2.24) is 5.32 Å². The third-order valence-electron chi connectivity index (χ3n) is 7.22. The fourth-order valence-corrected chi connectivity index (χ4v) is 5.16. The van der Waals surface area contributed by atoms with Crippen molar-refractivity contribution in [3.8, 4) is 22.6 Å². The molecule has 1 aliphatic heterocycles. The highest BCUT2D eigenvalue weighted by atomic mass is 35.5. The lowest BCUT2D eigenvalue weighted by Crippen LogP contribution is -2.42. The molecule has 8 nitrogen and oxygen atoms in total. The third-order valence-corrected chi connectivity index (χ3v) is 7.45. The van der Waals surface area contributed by atoms with Crippen molar-refractivity contribution < 1.29 is 29.2 Å². The number of hydrogen-bond donors (Lipinski definition) is 2. The summed E-state index contributed by atoms with van der Waals surface area (Å²) in [4.78, 5) is 40.6. The quantitative estimate of drug-likeness (QED) is 0.191. The number of benzene rings is 4. The number of carboxylic acid groups (broad SMARTS) is 1. The van der Waals surface area contributed by atoms with E-state index in [2.05, 4.69) is 10.3 Å². The van der Waals surface area contributed by atoms with E-state index in [4.69, 9.17) is 26.1 Å². The second kappa shape index (κ2) is 13.0. The van der Waals surface area contributed by atoms with E-state index < -0.39 is 24.0 Å². The Morgan fingerprint density at radius 3 is 2.57 bits per heavy atom. The summed E-state index contributed by atoms with van der Waals surface area (Å²) in [6.45, 7) is 0. The number of hydrogen-bond acceptors (Lipinski definition) is 6. The van der Waals surface area contributed by atoms with Crippen LogP contribution in [0.15, 0.2) is 126 Å². The van der Waals surface area contributed by atoms with Gasteiger partial charge in [0, 0.05) is 22.6 Å². The molecule has 4 aromatic rings. The molecule has 2 aliphatic rings. The van der Waals surface area contributed by atoms with E-state index in [1.807, 2.05) is 84.9 Å². The Morgan fingerprint density at radius 1 is 1.00 bits per heavy atom. The molecule has 1 heterocycles. The first-order valence-electron chi connectivity index (χ1n) is 14.0. The van der Waals surface area contributed by atoms with E-state index in [-0.39, 0.29) is 17.7 Å². The fourth-order valence-electron chi connectivity index (χ4n) is 4.99. The summed E-state index contributed by atoms with van der Waals surface area (Å²) in [5, 5.41) is 13.0. The smallest absolute Gasteiger partial charge is 0.326 e. The van der Waals surface area contributed by atoms with Gasteiger partial charge in [0.05, 0.1) is 17.0 Å². The molecule has 0 aromatic heterocycles. The first-order chi connectivity index (χ1) is 21.4. The number of aliphatic carboxylic acids is 1. The van der Waals surface area contributed by atoms with Crippen molar-refractivity contribution >= 4 is 34.9 Å². The number of carbonyl (C=O) groups is 2. The molecular formula is C35H27ClN2O6. The Kier molecular flexibility index (Phi) is 8.54. The number of halogens is 1. The third kappa shape index (κ3) is 6.57. The normalized spacial score (nSPS) is 16.9. The van der Waals surface area contributed by atoms with Crippen LogP contribution in [0, 0.1) is 0 Å². The van der Waals surface area contributed by atoms with Crippen molar-refractivity contribution in [3.05, 3.63) is 137 Å². The molecule has 1 unspecified atom stereocenters. The van der Waals surface area contributed by atoms with Gasteiger partial charge in [0.2, 0.25) is 0 Å². The lowest BCUT2D eigenvalue weighted by molar-refractivity contribution is -0.237. The van der Waals surface area contributed by atoms with Crippen molar-refractivity contribution in [2.75, 3.05) is 0 Å².